The zero-order valence-electron chi connectivity index (χ0n) is 21.9. The maximum Gasteiger partial charge on any atom is 0.220 e. The summed E-state index contributed by atoms with van der Waals surface area (Å²) < 4.78 is 24.5. The van der Waals surface area contributed by atoms with Gasteiger partial charge in [0, 0.05) is 51.8 Å². The number of hydrogen-bond acceptors (Lipinski definition) is 6. The quantitative estimate of drug-likeness (QED) is 0.489. The van der Waals surface area contributed by atoms with Gasteiger partial charge in [-0.25, -0.2) is 4.39 Å². The summed E-state index contributed by atoms with van der Waals surface area (Å²) in [6, 6.07) is 3.26. The Hall–Kier alpha value is -1.90. The van der Waals surface area contributed by atoms with Crippen LogP contribution in [0.4, 0.5) is 10.2 Å². The van der Waals surface area contributed by atoms with E-state index in [-0.39, 0.29) is 10.9 Å². The minimum Gasteiger partial charge on any atom is -0.381 e. The lowest BCUT2D eigenvalue weighted by Gasteiger charge is -2.36. The molecule has 1 aromatic heterocycles. The molecule has 1 aliphatic heterocycles. The van der Waals surface area contributed by atoms with Crippen LogP contribution in [0.5, 0.6) is 0 Å². The molecule has 9 heteroatoms. The van der Waals surface area contributed by atoms with Crippen molar-refractivity contribution in [2.45, 2.75) is 76.4 Å². The molecule has 1 saturated heterocycles. The molecule has 2 heterocycles. The van der Waals surface area contributed by atoms with Crippen LogP contribution in [0.25, 0.3) is 11.0 Å². The van der Waals surface area contributed by atoms with Crippen LogP contribution in [-0.2, 0) is 9.53 Å². The maximum absolute atomic E-state index is 13.7. The Bertz CT molecular complexity index is 1040. The topological polar surface area (TPSA) is 70.8 Å². The number of carbonyl (C=O) groups excluding carboxylic acids is 1. The fourth-order valence-corrected chi connectivity index (χ4v) is 6.58. The van der Waals surface area contributed by atoms with Gasteiger partial charge < -0.3 is 19.5 Å². The number of carbonyl (C=O) groups is 1. The number of anilines is 1. The van der Waals surface area contributed by atoms with Gasteiger partial charge in [0.2, 0.25) is 5.91 Å². The number of methoxy groups -OCH3 is 1. The van der Waals surface area contributed by atoms with E-state index in [0.717, 1.165) is 88.4 Å². The van der Waals surface area contributed by atoms with Gasteiger partial charge in [0.1, 0.15) is 5.82 Å². The van der Waals surface area contributed by atoms with Crippen LogP contribution in [0.2, 0.25) is 5.02 Å². The van der Waals surface area contributed by atoms with Gasteiger partial charge >= 0.3 is 0 Å². The summed E-state index contributed by atoms with van der Waals surface area (Å²) in [6.07, 6.45) is 11.3. The molecule has 0 atom stereocenters. The third-order valence-electron chi connectivity index (χ3n) is 8.83. The van der Waals surface area contributed by atoms with Crippen molar-refractivity contribution in [3.8, 4) is 0 Å². The van der Waals surface area contributed by atoms with E-state index < -0.39 is 5.82 Å². The summed E-state index contributed by atoms with van der Waals surface area (Å²) in [5, 5.41) is 8.37. The highest BCUT2D eigenvalue weighted by molar-refractivity contribution is 6.31. The predicted molar refractivity (Wildman–Crippen MR) is 144 cm³/mol. The van der Waals surface area contributed by atoms with Crippen molar-refractivity contribution < 1.29 is 18.4 Å². The molecule has 0 radical (unpaired) electrons. The number of ether oxygens (including phenoxy) is 1. The number of nitrogens with zero attached hydrogens (tertiary/aromatic N) is 3. The molecule has 3 fully saturated rings. The highest BCUT2D eigenvalue weighted by Gasteiger charge is 2.27. The van der Waals surface area contributed by atoms with E-state index in [9.17, 15) is 9.18 Å². The first-order chi connectivity index (χ1) is 18.0. The lowest BCUT2D eigenvalue weighted by molar-refractivity contribution is -0.123. The molecule has 0 unspecified atom stereocenters. The molecule has 1 aromatic carbocycles. The van der Waals surface area contributed by atoms with Crippen LogP contribution in [0.1, 0.15) is 64.2 Å². The number of amides is 1. The Labute approximate surface area is 224 Å². The van der Waals surface area contributed by atoms with Gasteiger partial charge in [0.25, 0.3) is 0 Å². The third-order valence-corrected chi connectivity index (χ3v) is 9.12. The Morgan fingerprint density at radius 3 is 2.49 bits per heavy atom. The van der Waals surface area contributed by atoms with E-state index >= 15 is 0 Å². The Morgan fingerprint density at radius 1 is 1.08 bits per heavy atom. The Morgan fingerprint density at radius 2 is 1.78 bits per heavy atom. The molecule has 2 aliphatic carbocycles. The Kier molecular flexibility index (Phi) is 8.88. The van der Waals surface area contributed by atoms with Crippen molar-refractivity contribution in [3.05, 3.63) is 23.0 Å². The fraction of sp³-hybridized carbons (Fsp3) is 0.714. The Balaban J connectivity index is 0.985. The highest BCUT2D eigenvalue weighted by Crippen LogP contribution is 2.32. The molecule has 5 rings (SSSR count). The van der Waals surface area contributed by atoms with E-state index in [0.29, 0.717) is 30.1 Å². The van der Waals surface area contributed by atoms with Crippen LogP contribution in [0, 0.1) is 17.7 Å². The maximum atomic E-state index is 13.7. The monoisotopic (exact) mass is 534 g/mol. The van der Waals surface area contributed by atoms with Gasteiger partial charge in [-0.3, -0.25) is 9.69 Å². The average Bonchev–Trinajstić information content (AvgIpc) is 3.31. The normalized spacial score (nSPS) is 27.5. The second kappa shape index (κ2) is 12.3. The smallest absolute Gasteiger partial charge is 0.220 e. The molecule has 0 spiro atoms. The third kappa shape index (κ3) is 6.76. The molecular formula is C28H40ClFN4O3. The van der Waals surface area contributed by atoms with Crippen molar-refractivity contribution in [3.63, 3.8) is 0 Å². The first-order valence-electron chi connectivity index (χ1n) is 14.0. The van der Waals surface area contributed by atoms with Gasteiger partial charge in [-0.1, -0.05) is 16.8 Å². The second-order valence-corrected chi connectivity index (χ2v) is 11.7. The number of piperazine rings is 1. The molecule has 204 valence electrons. The summed E-state index contributed by atoms with van der Waals surface area (Å²) in [6.45, 7) is 4.78. The summed E-state index contributed by atoms with van der Waals surface area (Å²) in [5.41, 5.74) is 0.431. The van der Waals surface area contributed by atoms with Gasteiger partial charge in [0.05, 0.1) is 16.5 Å². The molecule has 1 N–H and O–H groups in total. The van der Waals surface area contributed by atoms with Crippen LogP contribution in [-0.4, -0.2) is 67.9 Å². The van der Waals surface area contributed by atoms with Crippen LogP contribution < -0.4 is 10.2 Å². The van der Waals surface area contributed by atoms with E-state index in [1.165, 1.54) is 25.3 Å². The number of rotatable bonds is 8. The van der Waals surface area contributed by atoms with Crippen LogP contribution >= 0.6 is 11.6 Å². The van der Waals surface area contributed by atoms with Gasteiger partial charge in [-0.15, -0.1) is 0 Å². The molecule has 0 bridgehead atoms. The lowest BCUT2D eigenvalue weighted by Crippen LogP contribution is -2.47. The predicted octanol–water partition coefficient (Wildman–Crippen LogP) is 5.40. The van der Waals surface area contributed by atoms with E-state index in [1.54, 1.807) is 13.2 Å². The first kappa shape index (κ1) is 26.7. The highest BCUT2D eigenvalue weighted by atomic mass is 35.5. The van der Waals surface area contributed by atoms with Crippen molar-refractivity contribution in [2.24, 2.45) is 11.8 Å². The second-order valence-electron chi connectivity index (χ2n) is 11.3. The number of hydrogen-bond donors (Lipinski definition) is 1. The van der Waals surface area contributed by atoms with E-state index in [4.69, 9.17) is 20.9 Å². The molecule has 2 aromatic rings. The summed E-state index contributed by atoms with van der Waals surface area (Å²) in [7, 11) is 1.79. The molecular weight excluding hydrogens is 495 g/mol. The number of nitrogens with one attached hydrogen (secondary N) is 1. The van der Waals surface area contributed by atoms with Gasteiger partial charge in [-0.2, -0.15) is 0 Å². The summed E-state index contributed by atoms with van der Waals surface area (Å²) >= 11 is 5.98. The molecule has 2 saturated carbocycles. The van der Waals surface area contributed by atoms with Crippen molar-refractivity contribution >= 4 is 34.3 Å². The summed E-state index contributed by atoms with van der Waals surface area (Å²) in [5.74, 6) is 1.77. The average molecular weight is 535 g/mol. The fourth-order valence-electron chi connectivity index (χ4n) is 6.41. The molecule has 3 aliphatic rings. The van der Waals surface area contributed by atoms with Crippen molar-refractivity contribution in [1.29, 1.82) is 0 Å². The van der Waals surface area contributed by atoms with Crippen molar-refractivity contribution in [2.75, 3.05) is 44.7 Å². The number of benzene rings is 1. The van der Waals surface area contributed by atoms with Crippen LogP contribution in [0.3, 0.4) is 0 Å². The van der Waals surface area contributed by atoms with Crippen LogP contribution in [0.15, 0.2) is 16.7 Å². The van der Waals surface area contributed by atoms with Gasteiger partial charge in [-0.05, 0) is 82.2 Å². The first-order valence-corrected chi connectivity index (χ1v) is 14.4. The SMILES string of the molecule is COC1CCC(CC(=O)NC2CCC(CCN3CCN(c4noc5cc(F)c(Cl)cc45)CC3)CC2)CC1. The summed E-state index contributed by atoms with van der Waals surface area (Å²) in [4.78, 5) is 17.3. The molecule has 37 heavy (non-hydrogen) atoms. The van der Waals surface area contributed by atoms with E-state index in [2.05, 4.69) is 20.3 Å². The largest absolute Gasteiger partial charge is 0.381 e. The minimum absolute atomic E-state index is 0.0923. The zero-order chi connectivity index (χ0) is 25.8. The van der Waals surface area contributed by atoms with E-state index in [1.807, 2.05) is 0 Å². The number of halogens is 2. The van der Waals surface area contributed by atoms with Crippen molar-refractivity contribution in [1.82, 2.24) is 15.4 Å². The standard InChI is InChI=1S/C28H40ClFN4O3/c1-36-22-8-4-20(5-9-22)16-27(35)31-21-6-2-19(3-7-21)10-11-33-12-14-34(15-13-33)28-23-17-24(29)25(30)18-26(23)37-32-28/h17-22H,2-16H2,1H3,(H,31,35). The minimum atomic E-state index is -0.487. The molecule has 7 nitrogen and oxygen atoms in total. The zero-order valence-corrected chi connectivity index (χ0v) is 22.6. The number of aromatic nitrogens is 1. The number of fused-ring (bicyclic) bond motifs is 1. The van der Waals surface area contributed by atoms with Gasteiger partial charge in [0.15, 0.2) is 11.4 Å². The molecule has 1 amide bonds. The lowest BCUT2D eigenvalue weighted by atomic mass is 9.83.